The zero-order valence-electron chi connectivity index (χ0n) is 15.1. The molecule has 1 heterocycles. The van der Waals surface area contributed by atoms with Gasteiger partial charge in [-0.3, -0.25) is 4.79 Å². The summed E-state index contributed by atoms with van der Waals surface area (Å²) in [6, 6.07) is 12.6. The van der Waals surface area contributed by atoms with Gasteiger partial charge in [-0.15, -0.1) is 0 Å². The molecule has 1 amide bonds. The summed E-state index contributed by atoms with van der Waals surface area (Å²) in [6.45, 7) is 1.89. The SMILES string of the molecule is CCCC(=O)N[C@H]1[C@H](Oc2ccc3ccccc3c2)O[C@H](CS)[C@@H](O)[C@@H]1O. The minimum atomic E-state index is -1.22. The molecule has 1 aliphatic rings. The van der Waals surface area contributed by atoms with Gasteiger partial charge in [-0.05, 0) is 29.3 Å². The molecule has 0 bridgehead atoms. The summed E-state index contributed by atoms with van der Waals surface area (Å²) in [5, 5.41) is 25.6. The lowest BCUT2D eigenvalue weighted by molar-refractivity contribution is -0.231. The van der Waals surface area contributed by atoms with Crippen molar-refractivity contribution in [3.63, 3.8) is 0 Å². The molecule has 0 radical (unpaired) electrons. The molecule has 1 fully saturated rings. The maximum absolute atomic E-state index is 12.1. The molecule has 146 valence electrons. The molecule has 3 N–H and O–H groups in total. The lowest BCUT2D eigenvalue weighted by Crippen LogP contribution is -2.65. The summed E-state index contributed by atoms with van der Waals surface area (Å²) in [7, 11) is 0. The van der Waals surface area contributed by atoms with Crippen LogP contribution >= 0.6 is 12.6 Å². The van der Waals surface area contributed by atoms with Crippen molar-refractivity contribution in [1.82, 2.24) is 5.32 Å². The predicted octanol–water partition coefficient (Wildman–Crippen LogP) is 1.88. The minimum absolute atomic E-state index is 0.214. The van der Waals surface area contributed by atoms with E-state index < -0.39 is 30.6 Å². The maximum atomic E-state index is 12.1. The standard InChI is InChI=1S/C20H25NO5S/c1-2-5-16(22)21-17-19(24)18(23)15(11-27)26-20(17)25-14-9-8-12-6-3-4-7-13(12)10-14/h3-4,6-10,15,17-20,23-24,27H,2,5,11H2,1H3,(H,21,22)/t15-,17-,18-,19-,20-/m1/s1. The molecule has 5 atom stereocenters. The number of carbonyl (C=O) groups excluding carboxylic acids is 1. The molecule has 0 unspecified atom stereocenters. The first-order valence-corrected chi connectivity index (χ1v) is 9.74. The van der Waals surface area contributed by atoms with Gasteiger partial charge in [-0.2, -0.15) is 12.6 Å². The van der Waals surface area contributed by atoms with Gasteiger partial charge in [0.15, 0.2) is 0 Å². The van der Waals surface area contributed by atoms with Crippen molar-refractivity contribution >= 4 is 29.3 Å². The van der Waals surface area contributed by atoms with Gasteiger partial charge in [-0.1, -0.05) is 37.3 Å². The van der Waals surface area contributed by atoms with E-state index in [1.165, 1.54) is 0 Å². The van der Waals surface area contributed by atoms with E-state index >= 15 is 0 Å². The second kappa shape index (κ2) is 8.93. The zero-order valence-corrected chi connectivity index (χ0v) is 16.0. The number of fused-ring (bicyclic) bond motifs is 1. The van der Waals surface area contributed by atoms with Gasteiger partial charge < -0.3 is 25.0 Å². The number of aliphatic hydroxyl groups excluding tert-OH is 2. The molecule has 0 spiro atoms. The Morgan fingerprint density at radius 1 is 1.19 bits per heavy atom. The maximum Gasteiger partial charge on any atom is 0.223 e. The molecule has 1 aliphatic heterocycles. The highest BCUT2D eigenvalue weighted by atomic mass is 32.1. The molecule has 0 aromatic heterocycles. The van der Waals surface area contributed by atoms with Crippen LogP contribution in [0.5, 0.6) is 5.75 Å². The number of carbonyl (C=O) groups is 1. The summed E-state index contributed by atoms with van der Waals surface area (Å²) < 4.78 is 11.8. The van der Waals surface area contributed by atoms with Crippen LogP contribution in [0.4, 0.5) is 0 Å². The van der Waals surface area contributed by atoms with Crippen LogP contribution in [0.15, 0.2) is 42.5 Å². The number of thiol groups is 1. The van der Waals surface area contributed by atoms with Crippen LogP contribution in [-0.4, -0.2) is 52.5 Å². The fraction of sp³-hybridized carbons (Fsp3) is 0.450. The second-order valence-electron chi connectivity index (χ2n) is 6.68. The van der Waals surface area contributed by atoms with Crippen molar-refractivity contribution in [2.45, 2.75) is 50.4 Å². The zero-order chi connectivity index (χ0) is 19.4. The van der Waals surface area contributed by atoms with Crippen LogP contribution < -0.4 is 10.1 Å². The third-order valence-electron chi connectivity index (χ3n) is 4.66. The predicted molar refractivity (Wildman–Crippen MR) is 106 cm³/mol. The smallest absolute Gasteiger partial charge is 0.223 e. The highest BCUT2D eigenvalue weighted by molar-refractivity contribution is 7.80. The molecule has 7 heteroatoms. The Hall–Kier alpha value is -1.80. The molecule has 6 nitrogen and oxygen atoms in total. The normalized spacial score (nSPS) is 28.1. The van der Waals surface area contributed by atoms with Crippen molar-refractivity contribution < 1.29 is 24.5 Å². The van der Waals surface area contributed by atoms with Gasteiger partial charge in [-0.25, -0.2) is 0 Å². The fourth-order valence-corrected chi connectivity index (χ4v) is 3.50. The third kappa shape index (κ3) is 4.55. The molecular formula is C20H25NO5S. The molecule has 2 aromatic carbocycles. The van der Waals surface area contributed by atoms with Gasteiger partial charge in [0.1, 0.15) is 24.0 Å². The Labute approximate surface area is 163 Å². The topological polar surface area (TPSA) is 88.0 Å². The lowest BCUT2D eigenvalue weighted by atomic mass is 9.97. The average Bonchev–Trinajstić information content (AvgIpc) is 2.67. The number of hydrogen-bond donors (Lipinski definition) is 4. The minimum Gasteiger partial charge on any atom is -0.463 e. The van der Waals surface area contributed by atoms with Crippen LogP contribution in [0.3, 0.4) is 0 Å². The van der Waals surface area contributed by atoms with Crippen molar-refractivity contribution in [2.75, 3.05) is 5.75 Å². The lowest BCUT2D eigenvalue weighted by Gasteiger charge is -2.42. The van der Waals surface area contributed by atoms with Crippen molar-refractivity contribution in [3.8, 4) is 5.75 Å². The number of ether oxygens (including phenoxy) is 2. The summed E-state index contributed by atoms with van der Waals surface area (Å²) in [4.78, 5) is 12.1. The Bertz CT molecular complexity index is 786. The first-order valence-electron chi connectivity index (χ1n) is 9.10. The second-order valence-corrected chi connectivity index (χ2v) is 7.04. The molecule has 2 aromatic rings. The van der Waals surface area contributed by atoms with Crippen LogP contribution in [-0.2, 0) is 9.53 Å². The van der Waals surface area contributed by atoms with E-state index in [0.29, 0.717) is 18.6 Å². The number of aliphatic hydroxyl groups is 2. The monoisotopic (exact) mass is 391 g/mol. The Morgan fingerprint density at radius 3 is 2.63 bits per heavy atom. The number of benzene rings is 2. The Kier molecular flexibility index (Phi) is 6.59. The van der Waals surface area contributed by atoms with E-state index in [2.05, 4.69) is 17.9 Å². The van der Waals surface area contributed by atoms with Gasteiger partial charge in [0.25, 0.3) is 0 Å². The van der Waals surface area contributed by atoms with E-state index in [-0.39, 0.29) is 11.7 Å². The van der Waals surface area contributed by atoms with Gasteiger partial charge >= 0.3 is 0 Å². The quantitative estimate of drug-likeness (QED) is 0.565. The molecule has 3 rings (SSSR count). The van der Waals surface area contributed by atoms with E-state index in [9.17, 15) is 15.0 Å². The number of amides is 1. The molecule has 0 saturated carbocycles. The summed E-state index contributed by atoms with van der Waals surface area (Å²) in [6.07, 6.45) is -3.03. The van der Waals surface area contributed by atoms with Crippen LogP contribution in [0, 0.1) is 0 Å². The van der Waals surface area contributed by atoms with Crippen molar-refractivity contribution in [1.29, 1.82) is 0 Å². The van der Waals surface area contributed by atoms with Gasteiger partial charge in [0.2, 0.25) is 12.2 Å². The van der Waals surface area contributed by atoms with E-state index in [1.54, 1.807) is 0 Å². The summed E-state index contributed by atoms with van der Waals surface area (Å²) >= 11 is 4.17. The van der Waals surface area contributed by atoms with E-state index in [0.717, 1.165) is 10.8 Å². The first-order chi connectivity index (χ1) is 13.0. The van der Waals surface area contributed by atoms with E-state index in [1.807, 2.05) is 49.4 Å². The van der Waals surface area contributed by atoms with Crippen molar-refractivity contribution in [2.24, 2.45) is 0 Å². The fourth-order valence-electron chi connectivity index (χ4n) is 3.20. The number of rotatable bonds is 6. The highest BCUT2D eigenvalue weighted by Gasteiger charge is 2.45. The van der Waals surface area contributed by atoms with E-state index in [4.69, 9.17) is 9.47 Å². The molecule has 0 aliphatic carbocycles. The summed E-state index contributed by atoms with van der Waals surface area (Å²) in [5.41, 5.74) is 0. The van der Waals surface area contributed by atoms with Crippen molar-refractivity contribution in [3.05, 3.63) is 42.5 Å². The molecule has 1 saturated heterocycles. The first kappa shape index (κ1) is 19.9. The average molecular weight is 391 g/mol. The molecular weight excluding hydrogens is 366 g/mol. The largest absolute Gasteiger partial charge is 0.463 e. The number of nitrogens with one attached hydrogen (secondary N) is 1. The van der Waals surface area contributed by atoms with Crippen LogP contribution in [0.25, 0.3) is 10.8 Å². The van der Waals surface area contributed by atoms with Crippen LogP contribution in [0.1, 0.15) is 19.8 Å². The van der Waals surface area contributed by atoms with Crippen LogP contribution in [0.2, 0.25) is 0 Å². The Morgan fingerprint density at radius 2 is 1.93 bits per heavy atom. The molecule has 27 heavy (non-hydrogen) atoms. The number of hydrogen-bond acceptors (Lipinski definition) is 6. The summed E-state index contributed by atoms with van der Waals surface area (Å²) in [5.74, 6) is 0.537. The van der Waals surface area contributed by atoms with Gasteiger partial charge in [0, 0.05) is 12.2 Å². The van der Waals surface area contributed by atoms with Gasteiger partial charge in [0.05, 0.1) is 6.10 Å². The Balaban J connectivity index is 1.83. The highest BCUT2D eigenvalue weighted by Crippen LogP contribution is 2.27. The third-order valence-corrected chi connectivity index (χ3v) is 5.02.